The average Bonchev–Trinajstić information content (AvgIpc) is 2.84. The second-order valence-corrected chi connectivity index (χ2v) is 6.19. The Hall–Kier alpha value is -2.23. The fourth-order valence-corrected chi connectivity index (χ4v) is 3.40. The number of aromatic amines is 1. The second-order valence-electron chi connectivity index (χ2n) is 5.78. The van der Waals surface area contributed by atoms with Gasteiger partial charge >= 0.3 is 0 Å². The van der Waals surface area contributed by atoms with E-state index < -0.39 is 0 Å². The van der Waals surface area contributed by atoms with Crippen LogP contribution in [0.15, 0.2) is 18.3 Å². The molecule has 0 bridgehead atoms. The summed E-state index contributed by atoms with van der Waals surface area (Å²) in [4.78, 5) is 7.72. The molecule has 0 radical (unpaired) electrons. The molecule has 5 nitrogen and oxygen atoms in total. The van der Waals surface area contributed by atoms with E-state index in [2.05, 4.69) is 16.0 Å². The van der Waals surface area contributed by atoms with Crippen LogP contribution in [0.1, 0.15) is 36.1 Å². The van der Waals surface area contributed by atoms with Crippen molar-refractivity contribution in [3.05, 3.63) is 39.8 Å². The first-order valence-corrected chi connectivity index (χ1v) is 8.53. The van der Waals surface area contributed by atoms with Gasteiger partial charge in [0.1, 0.15) is 23.1 Å². The van der Waals surface area contributed by atoms with Crippen LogP contribution in [0.25, 0.3) is 11.3 Å². The molecule has 0 aliphatic heterocycles. The van der Waals surface area contributed by atoms with Crippen molar-refractivity contribution in [3.63, 3.8) is 0 Å². The van der Waals surface area contributed by atoms with Gasteiger partial charge in [0, 0.05) is 11.3 Å². The summed E-state index contributed by atoms with van der Waals surface area (Å²) in [5.41, 5.74) is 4.37. The molecule has 0 amide bonds. The van der Waals surface area contributed by atoms with Gasteiger partial charge in [0.15, 0.2) is 0 Å². The van der Waals surface area contributed by atoms with Gasteiger partial charge in [-0.2, -0.15) is 5.26 Å². The number of nitrogens with one attached hydrogen (secondary N) is 1. The Bertz CT molecular complexity index is 822. The van der Waals surface area contributed by atoms with E-state index in [4.69, 9.17) is 22.1 Å². The Kier molecular flexibility index (Phi) is 5.24. The van der Waals surface area contributed by atoms with Crippen LogP contribution in [0, 0.1) is 16.0 Å². The highest BCUT2D eigenvalue weighted by atomic mass is 32.1. The van der Waals surface area contributed by atoms with E-state index in [0.717, 1.165) is 48.2 Å². The Balaban J connectivity index is 2.10. The van der Waals surface area contributed by atoms with Crippen LogP contribution in [-0.2, 0) is 12.8 Å². The third-order valence-electron chi connectivity index (χ3n) is 4.23. The number of fused-ring (bicyclic) bond motifs is 1. The second kappa shape index (κ2) is 7.56. The molecular formula is C18H19N3O2S. The molecule has 1 aliphatic carbocycles. The van der Waals surface area contributed by atoms with Crippen molar-refractivity contribution < 1.29 is 9.84 Å². The number of nitriles is 1. The summed E-state index contributed by atoms with van der Waals surface area (Å²) in [6, 6.07) is 5.90. The zero-order chi connectivity index (χ0) is 16.9. The Morgan fingerprint density at radius 2 is 2.12 bits per heavy atom. The molecule has 6 heteroatoms. The minimum Gasteiger partial charge on any atom is -0.490 e. The summed E-state index contributed by atoms with van der Waals surface area (Å²) in [7, 11) is 0. The number of hydrogen-bond donors (Lipinski definition) is 2. The van der Waals surface area contributed by atoms with Crippen LogP contribution in [0.3, 0.4) is 0 Å². The monoisotopic (exact) mass is 341 g/mol. The number of ether oxygens (including phenoxy) is 1. The zero-order valence-electron chi connectivity index (χ0n) is 13.3. The van der Waals surface area contributed by atoms with Crippen molar-refractivity contribution in [1.29, 1.82) is 5.26 Å². The first-order valence-electron chi connectivity index (χ1n) is 8.13. The van der Waals surface area contributed by atoms with Gasteiger partial charge in [-0.05, 0) is 43.4 Å². The lowest BCUT2D eigenvalue weighted by Gasteiger charge is -2.15. The normalized spacial score (nSPS) is 13.7. The molecule has 2 heterocycles. The fourth-order valence-electron chi connectivity index (χ4n) is 3.13. The molecule has 0 aromatic carbocycles. The van der Waals surface area contributed by atoms with E-state index in [1.165, 1.54) is 6.42 Å². The van der Waals surface area contributed by atoms with Crippen LogP contribution in [0.5, 0.6) is 5.75 Å². The standard InChI is InChI=1S/C18H19N3O2S/c19-10-14-17(16-7-6-12(11-20-16)23-9-8-22)13-4-2-1-3-5-15(13)21-18(14)24/h6-7,11,22H,1-5,8-9H2,(H,21,24). The summed E-state index contributed by atoms with van der Waals surface area (Å²) < 4.78 is 5.84. The molecule has 2 aromatic heterocycles. The first kappa shape index (κ1) is 16.6. The number of nitrogens with zero attached hydrogens (tertiary/aromatic N) is 2. The molecule has 24 heavy (non-hydrogen) atoms. The highest BCUT2D eigenvalue weighted by Gasteiger charge is 2.20. The summed E-state index contributed by atoms with van der Waals surface area (Å²) in [5.74, 6) is 0.596. The third-order valence-corrected chi connectivity index (χ3v) is 4.53. The molecule has 0 spiro atoms. The maximum atomic E-state index is 9.59. The smallest absolute Gasteiger partial charge is 0.137 e. The molecule has 3 rings (SSSR count). The lowest BCUT2D eigenvalue weighted by molar-refractivity contribution is 0.201. The lowest BCUT2D eigenvalue weighted by atomic mass is 9.95. The molecule has 2 N–H and O–H groups in total. The van der Waals surface area contributed by atoms with Gasteiger partial charge in [-0.1, -0.05) is 18.6 Å². The van der Waals surface area contributed by atoms with Crippen molar-refractivity contribution in [2.24, 2.45) is 0 Å². The van der Waals surface area contributed by atoms with Gasteiger partial charge in [-0.25, -0.2) is 0 Å². The highest BCUT2D eigenvalue weighted by molar-refractivity contribution is 7.71. The van der Waals surface area contributed by atoms with E-state index in [1.807, 2.05) is 12.1 Å². The molecule has 124 valence electrons. The van der Waals surface area contributed by atoms with Crippen molar-refractivity contribution in [2.45, 2.75) is 32.1 Å². The number of aromatic nitrogens is 2. The fraction of sp³-hybridized carbons (Fsp3) is 0.389. The van der Waals surface area contributed by atoms with Gasteiger partial charge in [0.2, 0.25) is 0 Å². The van der Waals surface area contributed by atoms with Crippen molar-refractivity contribution >= 4 is 12.2 Å². The van der Waals surface area contributed by atoms with E-state index in [1.54, 1.807) is 6.20 Å². The number of H-pyrrole nitrogens is 1. The van der Waals surface area contributed by atoms with Crippen molar-refractivity contribution in [3.8, 4) is 23.1 Å². The third kappa shape index (κ3) is 3.32. The van der Waals surface area contributed by atoms with Crippen LogP contribution in [0.2, 0.25) is 0 Å². The van der Waals surface area contributed by atoms with E-state index in [9.17, 15) is 5.26 Å². The molecule has 1 aliphatic rings. The lowest BCUT2D eigenvalue weighted by Crippen LogP contribution is -2.05. The van der Waals surface area contributed by atoms with Crippen LogP contribution in [0.4, 0.5) is 0 Å². The molecular weight excluding hydrogens is 322 g/mol. The molecule has 0 saturated carbocycles. The van der Waals surface area contributed by atoms with Crippen LogP contribution >= 0.6 is 12.2 Å². The Labute approximate surface area is 146 Å². The van der Waals surface area contributed by atoms with Gasteiger partial charge in [-0.3, -0.25) is 4.98 Å². The maximum Gasteiger partial charge on any atom is 0.137 e. The van der Waals surface area contributed by atoms with E-state index in [0.29, 0.717) is 16.0 Å². The Morgan fingerprint density at radius 3 is 2.83 bits per heavy atom. The molecule has 0 saturated heterocycles. The predicted octanol–water partition coefficient (Wildman–Crippen LogP) is 3.32. The largest absolute Gasteiger partial charge is 0.490 e. The number of hydrogen-bond acceptors (Lipinski definition) is 5. The topological polar surface area (TPSA) is 81.9 Å². The number of aliphatic hydroxyl groups excluding tert-OH is 1. The Morgan fingerprint density at radius 1 is 1.29 bits per heavy atom. The van der Waals surface area contributed by atoms with Crippen LogP contribution in [-0.4, -0.2) is 28.3 Å². The summed E-state index contributed by atoms with van der Waals surface area (Å²) in [6.07, 6.45) is 6.91. The summed E-state index contributed by atoms with van der Waals surface area (Å²) in [6.45, 7) is 0.193. The van der Waals surface area contributed by atoms with Gasteiger partial charge < -0.3 is 14.8 Å². The summed E-state index contributed by atoms with van der Waals surface area (Å²) in [5, 5.41) is 18.4. The van der Waals surface area contributed by atoms with E-state index in [-0.39, 0.29) is 13.2 Å². The number of aryl methyl sites for hydroxylation is 1. The quantitative estimate of drug-likeness (QED) is 0.658. The van der Waals surface area contributed by atoms with Crippen molar-refractivity contribution in [2.75, 3.05) is 13.2 Å². The average molecular weight is 341 g/mol. The molecule has 0 atom stereocenters. The minimum absolute atomic E-state index is 0.0400. The number of pyridine rings is 2. The van der Waals surface area contributed by atoms with Gasteiger partial charge in [0.05, 0.1) is 24.1 Å². The first-order chi connectivity index (χ1) is 11.7. The number of rotatable bonds is 4. The zero-order valence-corrected chi connectivity index (χ0v) is 14.2. The highest BCUT2D eigenvalue weighted by Crippen LogP contribution is 2.32. The van der Waals surface area contributed by atoms with Gasteiger partial charge in [-0.15, -0.1) is 0 Å². The summed E-state index contributed by atoms with van der Waals surface area (Å²) >= 11 is 5.39. The molecule has 2 aromatic rings. The molecule has 0 unspecified atom stereocenters. The maximum absolute atomic E-state index is 9.59. The number of aliphatic hydroxyl groups is 1. The van der Waals surface area contributed by atoms with Crippen molar-refractivity contribution in [1.82, 2.24) is 9.97 Å². The van der Waals surface area contributed by atoms with E-state index >= 15 is 0 Å². The molecule has 0 fully saturated rings. The SMILES string of the molecule is N#Cc1c(-c2ccc(OCCO)cn2)c2c([nH]c1=S)CCCCC2. The minimum atomic E-state index is -0.0400. The van der Waals surface area contributed by atoms with Crippen LogP contribution < -0.4 is 4.74 Å². The predicted molar refractivity (Wildman–Crippen MR) is 93.4 cm³/mol. The van der Waals surface area contributed by atoms with Gasteiger partial charge in [0.25, 0.3) is 0 Å².